The molecule has 2 rings (SSSR count). The number of nitrogens with one attached hydrogen (secondary N) is 1. The largest absolute Gasteiger partial charge is 0.389 e. The van der Waals surface area contributed by atoms with Crippen molar-refractivity contribution in [1.29, 1.82) is 5.26 Å². The van der Waals surface area contributed by atoms with Crippen LogP contribution in [0, 0.1) is 22.7 Å². The highest BCUT2D eigenvalue weighted by Gasteiger charge is 2.37. The molecule has 2 saturated carbocycles. The summed E-state index contributed by atoms with van der Waals surface area (Å²) < 4.78 is 0. The van der Waals surface area contributed by atoms with E-state index in [1.165, 1.54) is 12.8 Å². The maximum atomic E-state index is 10.6. The first-order chi connectivity index (χ1) is 8.94. The highest BCUT2D eigenvalue weighted by Crippen LogP contribution is 2.40. The molecular weight excluding hydrogens is 236 g/mol. The molecule has 2 fully saturated rings. The molecular formula is C16H28N2O. The number of nitrogens with zero attached hydrogens (tertiary/aromatic N) is 1. The second-order valence-corrected chi connectivity index (χ2v) is 7.40. The van der Waals surface area contributed by atoms with E-state index in [1.807, 2.05) is 0 Å². The molecule has 0 aliphatic heterocycles. The van der Waals surface area contributed by atoms with Gasteiger partial charge in [0.25, 0.3) is 0 Å². The van der Waals surface area contributed by atoms with E-state index in [9.17, 15) is 10.4 Å². The summed E-state index contributed by atoms with van der Waals surface area (Å²) in [6.45, 7) is 5.23. The zero-order chi connectivity index (χ0) is 13.9. The van der Waals surface area contributed by atoms with Gasteiger partial charge in [-0.05, 0) is 43.9 Å². The summed E-state index contributed by atoms with van der Waals surface area (Å²) in [5.74, 6) is 0.136. The molecule has 0 radical (unpaired) electrons. The predicted molar refractivity (Wildman–Crippen MR) is 76.6 cm³/mol. The van der Waals surface area contributed by atoms with Crippen LogP contribution in [0.25, 0.3) is 0 Å². The fourth-order valence-corrected chi connectivity index (χ4v) is 3.42. The van der Waals surface area contributed by atoms with Gasteiger partial charge in [0, 0.05) is 12.6 Å². The predicted octanol–water partition coefficient (Wildman–Crippen LogP) is 2.99. The number of rotatable bonds is 3. The van der Waals surface area contributed by atoms with Gasteiger partial charge in [0.2, 0.25) is 0 Å². The van der Waals surface area contributed by atoms with Gasteiger partial charge in [-0.25, -0.2) is 0 Å². The lowest BCUT2D eigenvalue weighted by atomic mass is 9.71. The van der Waals surface area contributed by atoms with Gasteiger partial charge in [-0.2, -0.15) is 5.26 Å². The van der Waals surface area contributed by atoms with Crippen molar-refractivity contribution < 1.29 is 5.11 Å². The van der Waals surface area contributed by atoms with E-state index in [-0.39, 0.29) is 12.0 Å². The molecule has 0 spiro atoms. The lowest BCUT2D eigenvalue weighted by Gasteiger charge is -2.41. The highest BCUT2D eigenvalue weighted by molar-refractivity contribution is 4.97. The van der Waals surface area contributed by atoms with Crippen molar-refractivity contribution in [3.8, 4) is 6.07 Å². The van der Waals surface area contributed by atoms with E-state index in [1.54, 1.807) is 0 Å². The van der Waals surface area contributed by atoms with Crippen molar-refractivity contribution in [3.63, 3.8) is 0 Å². The average Bonchev–Trinajstić information content (AvgIpc) is 2.41. The second-order valence-electron chi connectivity index (χ2n) is 7.40. The first-order valence-corrected chi connectivity index (χ1v) is 7.80. The summed E-state index contributed by atoms with van der Waals surface area (Å²) in [5.41, 5.74) is -0.167. The van der Waals surface area contributed by atoms with Crippen LogP contribution in [-0.4, -0.2) is 23.3 Å². The molecule has 3 heteroatoms. The van der Waals surface area contributed by atoms with Crippen LogP contribution < -0.4 is 5.32 Å². The van der Waals surface area contributed by atoms with Crippen LogP contribution in [0.4, 0.5) is 0 Å². The quantitative estimate of drug-likeness (QED) is 0.824. The second kappa shape index (κ2) is 5.81. The Kier molecular flexibility index (Phi) is 4.53. The van der Waals surface area contributed by atoms with Crippen LogP contribution >= 0.6 is 0 Å². The Bertz CT molecular complexity index is 335. The number of aliphatic hydroxyl groups is 1. The number of hydrogen-bond acceptors (Lipinski definition) is 3. The van der Waals surface area contributed by atoms with Crippen molar-refractivity contribution in [3.05, 3.63) is 0 Å². The van der Waals surface area contributed by atoms with E-state index in [0.717, 1.165) is 38.5 Å². The lowest BCUT2D eigenvalue weighted by molar-refractivity contribution is -0.0275. The molecule has 3 nitrogen and oxygen atoms in total. The van der Waals surface area contributed by atoms with E-state index in [4.69, 9.17) is 0 Å². The minimum Gasteiger partial charge on any atom is -0.389 e. The van der Waals surface area contributed by atoms with E-state index >= 15 is 0 Å². The van der Waals surface area contributed by atoms with Crippen LogP contribution in [0.5, 0.6) is 0 Å². The zero-order valence-corrected chi connectivity index (χ0v) is 12.4. The van der Waals surface area contributed by atoms with Gasteiger partial charge in [0.15, 0.2) is 0 Å². The Hall–Kier alpha value is -0.590. The molecule has 0 heterocycles. The van der Waals surface area contributed by atoms with Gasteiger partial charge >= 0.3 is 0 Å². The molecule has 19 heavy (non-hydrogen) atoms. The molecule has 0 amide bonds. The van der Waals surface area contributed by atoms with Gasteiger partial charge in [-0.1, -0.05) is 26.7 Å². The molecule has 2 N–H and O–H groups in total. The SMILES string of the molecule is CC1(C)CCC(O)(CNC2CCCCC2C#N)CC1. The van der Waals surface area contributed by atoms with Gasteiger partial charge < -0.3 is 10.4 Å². The van der Waals surface area contributed by atoms with Crippen LogP contribution in [-0.2, 0) is 0 Å². The standard InChI is InChI=1S/C16H28N2O/c1-15(2)7-9-16(19,10-8-15)12-18-14-6-4-3-5-13(14)11-17/h13-14,18-19H,3-10,12H2,1-2H3. The molecule has 2 aliphatic rings. The average molecular weight is 264 g/mol. The van der Waals surface area contributed by atoms with Gasteiger partial charge in [-0.15, -0.1) is 0 Å². The zero-order valence-electron chi connectivity index (χ0n) is 12.4. The Morgan fingerprint density at radius 3 is 2.42 bits per heavy atom. The molecule has 0 bridgehead atoms. The Morgan fingerprint density at radius 2 is 1.79 bits per heavy atom. The van der Waals surface area contributed by atoms with E-state index < -0.39 is 5.60 Å². The van der Waals surface area contributed by atoms with Crippen molar-refractivity contribution in [1.82, 2.24) is 5.32 Å². The Balaban J connectivity index is 1.83. The van der Waals surface area contributed by atoms with Crippen LogP contribution in [0.3, 0.4) is 0 Å². The fraction of sp³-hybridized carbons (Fsp3) is 0.938. The summed E-state index contributed by atoms with van der Waals surface area (Å²) >= 11 is 0. The molecule has 2 unspecified atom stereocenters. The molecule has 2 aliphatic carbocycles. The van der Waals surface area contributed by atoms with Crippen molar-refractivity contribution in [2.45, 2.75) is 76.9 Å². The van der Waals surface area contributed by atoms with Gasteiger partial charge in [0.05, 0.1) is 17.6 Å². The molecule has 0 aromatic heterocycles. The maximum Gasteiger partial charge on any atom is 0.0772 e. The first kappa shape index (κ1) is 14.8. The molecule has 108 valence electrons. The fourth-order valence-electron chi connectivity index (χ4n) is 3.42. The third-order valence-corrected chi connectivity index (χ3v) is 5.16. The normalized spacial score (nSPS) is 33.6. The molecule has 0 aromatic carbocycles. The van der Waals surface area contributed by atoms with Crippen LogP contribution in [0.15, 0.2) is 0 Å². The van der Waals surface area contributed by atoms with Crippen molar-refractivity contribution >= 4 is 0 Å². The number of hydrogen-bond donors (Lipinski definition) is 2. The van der Waals surface area contributed by atoms with Gasteiger partial charge in [-0.3, -0.25) is 0 Å². The molecule has 0 saturated heterocycles. The Labute approximate surface area is 117 Å². The van der Waals surface area contributed by atoms with Crippen LogP contribution in [0.2, 0.25) is 0 Å². The minimum absolute atomic E-state index is 0.136. The third-order valence-electron chi connectivity index (χ3n) is 5.16. The minimum atomic E-state index is -0.549. The van der Waals surface area contributed by atoms with Gasteiger partial charge in [0.1, 0.15) is 0 Å². The molecule has 0 aromatic rings. The van der Waals surface area contributed by atoms with E-state index in [0.29, 0.717) is 12.0 Å². The number of nitriles is 1. The topological polar surface area (TPSA) is 56.0 Å². The lowest BCUT2D eigenvalue weighted by Crippen LogP contribution is -2.49. The smallest absolute Gasteiger partial charge is 0.0772 e. The van der Waals surface area contributed by atoms with E-state index in [2.05, 4.69) is 25.2 Å². The summed E-state index contributed by atoms with van der Waals surface area (Å²) in [6.07, 6.45) is 8.44. The summed E-state index contributed by atoms with van der Waals surface area (Å²) in [6, 6.07) is 2.71. The highest BCUT2D eigenvalue weighted by atomic mass is 16.3. The third kappa shape index (κ3) is 3.94. The first-order valence-electron chi connectivity index (χ1n) is 7.80. The van der Waals surface area contributed by atoms with Crippen LogP contribution in [0.1, 0.15) is 65.2 Å². The maximum absolute atomic E-state index is 10.6. The summed E-state index contributed by atoms with van der Waals surface area (Å²) in [4.78, 5) is 0. The Morgan fingerprint density at radius 1 is 1.16 bits per heavy atom. The van der Waals surface area contributed by atoms with Crippen molar-refractivity contribution in [2.24, 2.45) is 11.3 Å². The molecule has 2 atom stereocenters. The summed E-state index contributed by atoms with van der Waals surface area (Å²) in [5, 5.41) is 23.3. The van der Waals surface area contributed by atoms with Crippen molar-refractivity contribution in [2.75, 3.05) is 6.54 Å². The summed E-state index contributed by atoms with van der Waals surface area (Å²) in [7, 11) is 0. The monoisotopic (exact) mass is 264 g/mol.